The Balaban J connectivity index is 2.97. The Morgan fingerprint density at radius 1 is 1.33 bits per heavy atom. The molecule has 0 aliphatic rings. The predicted molar refractivity (Wildman–Crippen MR) is 56.6 cm³/mol. The van der Waals surface area contributed by atoms with Crippen molar-refractivity contribution in [1.82, 2.24) is 0 Å². The van der Waals surface area contributed by atoms with E-state index in [2.05, 4.69) is 43.5 Å². The van der Waals surface area contributed by atoms with Crippen molar-refractivity contribution >= 4 is 12.6 Å². The number of hydrogen-bond acceptors (Lipinski definition) is 1. The van der Waals surface area contributed by atoms with E-state index in [0.29, 0.717) is 5.75 Å². The van der Waals surface area contributed by atoms with E-state index in [1.165, 1.54) is 5.56 Å². The largest absolute Gasteiger partial charge is 0.166 e. The molecule has 1 aromatic carbocycles. The van der Waals surface area contributed by atoms with Gasteiger partial charge in [-0.25, -0.2) is 0 Å². The lowest BCUT2D eigenvalue weighted by atomic mass is 10.1. The number of benzene rings is 1. The summed E-state index contributed by atoms with van der Waals surface area (Å²) in [6.07, 6.45) is 1.04. The summed E-state index contributed by atoms with van der Waals surface area (Å²) >= 11 is 4.04. The van der Waals surface area contributed by atoms with E-state index in [1.54, 1.807) is 0 Å². The SMILES string of the molecule is CCc1ccccc1C#CCS. The fourth-order valence-electron chi connectivity index (χ4n) is 1.09. The molecule has 1 rings (SSSR count). The number of aryl methyl sites for hydroxylation is 1. The van der Waals surface area contributed by atoms with Crippen LogP contribution < -0.4 is 0 Å². The molecule has 0 aliphatic carbocycles. The molecule has 1 heteroatoms. The lowest BCUT2D eigenvalue weighted by molar-refractivity contribution is 1.13. The van der Waals surface area contributed by atoms with Crippen LogP contribution in [-0.4, -0.2) is 5.75 Å². The van der Waals surface area contributed by atoms with Crippen molar-refractivity contribution in [3.8, 4) is 11.8 Å². The third kappa shape index (κ3) is 2.32. The quantitative estimate of drug-likeness (QED) is 0.493. The van der Waals surface area contributed by atoms with Gasteiger partial charge in [-0.2, -0.15) is 12.6 Å². The van der Waals surface area contributed by atoms with Gasteiger partial charge in [0.25, 0.3) is 0 Å². The molecule has 12 heavy (non-hydrogen) atoms. The number of thiol groups is 1. The summed E-state index contributed by atoms with van der Waals surface area (Å²) in [5.41, 5.74) is 2.45. The van der Waals surface area contributed by atoms with E-state index in [9.17, 15) is 0 Å². The van der Waals surface area contributed by atoms with Crippen LogP contribution in [0.5, 0.6) is 0 Å². The molecule has 0 saturated carbocycles. The van der Waals surface area contributed by atoms with E-state index in [-0.39, 0.29) is 0 Å². The first kappa shape index (κ1) is 9.22. The zero-order valence-corrected chi connectivity index (χ0v) is 8.07. The molecule has 0 heterocycles. The second kappa shape index (κ2) is 4.90. The van der Waals surface area contributed by atoms with Crippen molar-refractivity contribution in [3.63, 3.8) is 0 Å². The molecule has 0 nitrogen and oxygen atoms in total. The van der Waals surface area contributed by atoms with Gasteiger partial charge in [0.15, 0.2) is 0 Å². The highest BCUT2D eigenvalue weighted by Gasteiger charge is 1.93. The van der Waals surface area contributed by atoms with Gasteiger partial charge < -0.3 is 0 Å². The lowest BCUT2D eigenvalue weighted by Gasteiger charge is -1.98. The molecule has 0 spiro atoms. The van der Waals surface area contributed by atoms with Gasteiger partial charge in [-0.1, -0.05) is 37.0 Å². The molecule has 1 aromatic rings. The van der Waals surface area contributed by atoms with E-state index >= 15 is 0 Å². The first-order valence-electron chi connectivity index (χ1n) is 4.06. The van der Waals surface area contributed by atoms with Crippen molar-refractivity contribution in [2.45, 2.75) is 13.3 Å². The zero-order valence-electron chi connectivity index (χ0n) is 7.17. The van der Waals surface area contributed by atoms with Crippen LogP contribution in [0.3, 0.4) is 0 Å². The minimum absolute atomic E-state index is 0.623. The van der Waals surface area contributed by atoms with E-state index in [4.69, 9.17) is 0 Å². The minimum Gasteiger partial charge on any atom is -0.166 e. The van der Waals surface area contributed by atoms with Crippen LogP contribution in [0.1, 0.15) is 18.1 Å². The van der Waals surface area contributed by atoms with Crippen LogP contribution in [0.25, 0.3) is 0 Å². The molecule has 0 radical (unpaired) electrons. The monoisotopic (exact) mass is 176 g/mol. The van der Waals surface area contributed by atoms with Gasteiger partial charge in [-0.05, 0) is 18.1 Å². The first-order chi connectivity index (χ1) is 5.88. The van der Waals surface area contributed by atoms with Gasteiger partial charge in [-0.15, -0.1) is 0 Å². The molecule has 0 amide bonds. The third-order valence-electron chi connectivity index (χ3n) is 1.70. The van der Waals surface area contributed by atoms with Crippen molar-refractivity contribution in [2.24, 2.45) is 0 Å². The maximum Gasteiger partial charge on any atom is 0.0521 e. The Morgan fingerprint density at radius 3 is 2.75 bits per heavy atom. The van der Waals surface area contributed by atoms with Crippen LogP contribution in [-0.2, 0) is 6.42 Å². The molecular weight excluding hydrogens is 164 g/mol. The lowest BCUT2D eigenvalue weighted by Crippen LogP contribution is -1.85. The van der Waals surface area contributed by atoms with Crippen molar-refractivity contribution < 1.29 is 0 Å². The molecular formula is C11H12S. The van der Waals surface area contributed by atoms with Gasteiger partial charge in [0.1, 0.15) is 0 Å². The molecule has 0 aliphatic heterocycles. The summed E-state index contributed by atoms with van der Waals surface area (Å²) in [4.78, 5) is 0. The van der Waals surface area contributed by atoms with Crippen LogP contribution in [0, 0.1) is 11.8 Å². The zero-order chi connectivity index (χ0) is 8.81. The maximum atomic E-state index is 4.04. The second-order valence-corrected chi connectivity index (χ2v) is 2.79. The number of rotatable bonds is 1. The van der Waals surface area contributed by atoms with Gasteiger partial charge in [0.2, 0.25) is 0 Å². The van der Waals surface area contributed by atoms with E-state index < -0.39 is 0 Å². The van der Waals surface area contributed by atoms with Crippen molar-refractivity contribution in [2.75, 3.05) is 5.75 Å². The molecule has 0 fully saturated rings. The van der Waals surface area contributed by atoms with Crippen LogP contribution in [0.2, 0.25) is 0 Å². The molecule has 0 N–H and O–H groups in total. The topological polar surface area (TPSA) is 0 Å². The second-order valence-electron chi connectivity index (χ2n) is 2.47. The third-order valence-corrected chi connectivity index (χ3v) is 1.86. The van der Waals surface area contributed by atoms with E-state index in [0.717, 1.165) is 12.0 Å². The smallest absolute Gasteiger partial charge is 0.0521 e. The highest BCUT2D eigenvalue weighted by atomic mass is 32.1. The Hall–Kier alpha value is -0.870. The van der Waals surface area contributed by atoms with Gasteiger partial charge >= 0.3 is 0 Å². The molecule has 62 valence electrons. The molecule has 0 saturated heterocycles. The summed E-state index contributed by atoms with van der Waals surface area (Å²) in [7, 11) is 0. The van der Waals surface area contributed by atoms with Crippen molar-refractivity contribution in [3.05, 3.63) is 35.4 Å². The predicted octanol–water partition coefficient (Wildman–Crippen LogP) is 2.53. The van der Waals surface area contributed by atoms with Gasteiger partial charge in [0, 0.05) is 5.56 Å². The Labute approximate surface area is 79.4 Å². The summed E-state index contributed by atoms with van der Waals surface area (Å²) < 4.78 is 0. The van der Waals surface area contributed by atoms with Gasteiger partial charge in [-0.3, -0.25) is 0 Å². The molecule has 0 atom stereocenters. The van der Waals surface area contributed by atoms with Crippen LogP contribution in [0.15, 0.2) is 24.3 Å². The van der Waals surface area contributed by atoms with Gasteiger partial charge in [0.05, 0.1) is 5.75 Å². The summed E-state index contributed by atoms with van der Waals surface area (Å²) in [6, 6.07) is 8.23. The van der Waals surface area contributed by atoms with Crippen molar-refractivity contribution in [1.29, 1.82) is 0 Å². The Bertz CT molecular complexity index is 304. The molecule has 0 bridgehead atoms. The minimum atomic E-state index is 0.623. The Kier molecular flexibility index (Phi) is 3.76. The summed E-state index contributed by atoms with van der Waals surface area (Å²) in [5, 5.41) is 0. The number of hydrogen-bond donors (Lipinski definition) is 1. The Morgan fingerprint density at radius 2 is 2.08 bits per heavy atom. The molecule has 0 unspecified atom stereocenters. The highest BCUT2D eigenvalue weighted by Crippen LogP contribution is 2.07. The standard InChI is InChI=1S/C11H12S/c1-2-10-6-3-4-7-11(10)8-5-9-12/h3-4,6-7,12H,2,9H2,1H3. The maximum absolute atomic E-state index is 4.04. The average Bonchev–Trinajstić information content (AvgIpc) is 2.15. The average molecular weight is 176 g/mol. The normalized spacial score (nSPS) is 8.83. The molecule has 0 aromatic heterocycles. The summed E-state index contributed by atoms with van der Waals surface area (Å²) in [6.45, 7) is 2.14. The van der Waals surface area contributed by atoms with Crippen LogP contribution >= 0.6 is 12.6 Å². The fraction of sp³-hybridized carbons (Fsp3) is 0.273. The summed E-state index contributed by atoms with van der Waals surface area (Å²) in [5.74, 6) is 6.66. The van der Waals surface area contributed by atoms with Crippen LogP contribution in [0.4, 0.5) is 0 Å². The highest BCUT2D eigenvalue weighted by molar-refractivity contribution is 7.80. The van der Waals surface area contributed by atoms with E-state index in [1.807, 2.05) is 12.1 Å². The fourth-order valence-corrected chi connectivity index (χ4v) is 1.16. The first-order valence-corrected chi connectivity index (χ1v) is 4.69.